The van der Waals surface area contributed by atoms with Crippen LogP contribution in [0.5, 0.6) is 0 Å². The van der Waals surface area contributed by atoms with E-state index in [-0.39, 0.29) is 17.5 Å². The first-order valence-electron chi connectivity index (χ1n) is 9.51. The highest BCUT2D eigenvalue weighted by Gasteiger charge is 2.45. The second-order valence-corrected chi connectivity index (χ2v) is 8.43. The van der Waals surface area contributed by atoms with Gasteiger partial charge in [0.15, 0.2) is 11.5 Å². The van der Waals surface area contributed by atoms with E-state index in [9.17, 15) is 14.7 Å². The maximum absolute atomic E-state index is 13.0. The maximum Gasteiger partial charge on any atom is 0.290 e. The number of carbonyl (C=O) groups excluding carboxylic acids is 2. The molecule has 5 nitrogen and oxygen atoms in total. The van der Waals surface area contributed by atoms with Crippen molar-refractivity contribution in [1.29, 1.82) is 0 Å². The zero-order chi connectivity index (χ0) is 20.4. The van der Waals surface area contributed by atoms with Crippen molar-refractivity contribution in [2.75, 3.05) is 13.2 Å². The Morgan fingerprint density at radius 1 is 1.30 bits per heavy atom. The summed E-state index contributed by atoms with van der Waals surface area (Å²) in [6.45, 7) is 12.2. The molecule has 1 unspecified atom stereocenters. The van der Waals surface area contributed by atoms with Crippen LogP contribution in [-0.2, 0) is 14.3 Å². The summed E-state index contributed by atoms with van der Waals surface area (Å²) in [5.74, 6) is -1.12. The second-order valence-electron chi connectivity index (χ2n) is 8.43. The quantitative estimate of drug-likeness (QED) is 0.730. The summed E-state index contributed by atoms with van der Waals surface area (Å²) in [4.78, 5) is 27.4. The van der Waals surface area contributed by atoms with Crippen LogP contribution in [0.15, 0.2) is 35.6 Å². The van der Waals surface area contributed by atoms with Gasteiger partial charge in [0.2, 0.25) is 0 Å². The normalized spacial score (nSPS) is 18.0. The van der Waals surface area contributed by atoms with Gasteiger partial charge in [0.1, 0.15) is 0 Å². The predicted octanol–water partition coefficient (Wildman–Crippen LogP) is 4.12. The summed E-state index contributed by atoms with van der Waals surface area (Å²) in [7, 11) is 0. The van der Waals surface area contributed by atoms with Crippen LogP contribution in [0.1, 0.15) is 58.2 Å². The number of aliphatic hydroxyl groups excluding tert-OH is 1. The number of carbonyl (C=O) groups is 2. The fourth-order valence-electron chi connectivity index (χ4n) is 3.26. The number of ether oxygens (including phenoxy) is 1. The van der Waals surface area contributed by atoms with Gasteiger partial charge in [-0.2, -0.15) is 0 Å². The maximum atomic E-state index is 13.0. The molecular weight excluding hydrogens is 342 g/mol. The van der Waals surface area contributed by atoms with Crippen LogP contribution in [0.4, 0.5) is 0 Å². The van der Waals surface area contributed by atoms with Crippen LogP contribution >= 0.6 is 0 Å². The average molecular weight is 373 g/mol. The minimum atomic E-state index is -0.692. The lowest BCUT2D eigenvalue weighted by Gasteiger charge is -2.29. The highest BCUT2D eigenvalue weighted by molar-refractivity contribution is 6.10. The zero-order valence-corrected chi connectivity index (χ0v) is 17.2. The van der Waals surface area contributed by atoms with E-state index in [2.05, 4.69) is 0 Å². The number of hydrogen-bond acceptors (Lipinski definition) is 4. The van der Waals surface area contributed by atoms with Gasteiger partial charge >= 0.3 is 0 Å². The lowest BCUT2D eigenvalue weighted by atomic mass is 9.82. The highest BCUT2D eigenvalue weighted by Crippen LogP contribution is 2.41. The third kappa shape index (κ3) is 4.78. The molecule has 1 aromatic carbocycles. The number of nitrogens with zero attached hydrogens (tertiary/aromatic N) is 1. The van der Waals surface area contributed by atoms with Crippen molar-refractivity contribution in [3.8, 4) is 0 Å². The standard InChI is InChI=1S/C22H31NO4/c1-14(2)27-12-8-11-23-18(16-10-7-9-15(3)13-16)17(19(24)21(23)26)20(25)22(4,5)6/h7,9-10,13-14,18,24H,8,11-12H2,1-6H3. The monoisotopic (exact) mass is 373 g/mol. The lowest BCUT2D eigenvalue weighted by molar-refractivity contribution is -0.129. The van der Waals surface area contributed by atoms with E-state index in [0.717, 1.165) is 11.1 Å². The SMILES string of the molecule is Cc1cccc(C2C(C(=O)C(C)(C)C)=C(O)C(=O)N2CCCOC(C)C)c1. The van der Waals surface area contributed by atoms with Crippen LogP contribution in [0, 0.1) is 12.3 Å². The first-order chi connectivity index (χ1) is 12.5. The Labute approximate surface area is 162 Å². The Morgan fingerprint density at radius 2 is 1.96 bits per heavy atom. The van der Waals surface area contributed by atoms with E-state index in [1.807, 2.05) is 45.0 Å². The summed E-state index contributed by atoms with van der Waals surface area (Å²) in [5, 5.41) is 10.5. The summed E-state index contributed by atoms with van der Waals surface area (Å²) in [6.07, 6.45) is 0.757. The molecule has 0 saturated carbocycles. The van der Waals surface area contributed by atoms with Crippen LogP contribution in [0.3, 0.4) is 0 Å². The second kappa shape index (κ2) is 8.26. The van der Waals surface area contributed by atoms with Crippen LogP contribution in [0.2, 0.25) is 0 Å². The fourth-order valence-corrected chi connectivity index (χ4v) is 3.26. The lowest BCUT2D eigenvalue weighted by Crippen LogP contribution is -2.34. The van der Waals surface area contributed by atoms with Gasteiger partial charge in [-0.15, -0.1) is 0 Å². The van der Waals surface area contributed by atoms with Crippen molar-refractivity contribution < 1.29 is 19.4 Å². The summed E-state index contributed by atoms with van der Waals surface area (Å²) >= 11 is 0. The van der Waals surface area contributed by atoms with E-state index < -0.39 is 23.1 Å². The van der Waals surface area contributed by atoms with E-state index in [0.29, 0.717) is 19.6 Å². The molecule has 0 aliphatic carbocycles. The molecule has 2 rings (SSSR count). The Kier molecular flexibility index (Phi) is 6.47. The third-order valence-corrected chi connectivity index (χ3v) is 4.58. The van der Waals surface area contributed by atoms with E-state index in [1.54, 1.807) is 25.7 Å². The molecule has 0 aromatic heterocycles. The predicted molar refractivity (Wildman–Crippen MR) is 105 cm³/mol. The molecule has 1 atom stereocenters. The third-order valence-electron chi connectivity index (χ3n) is 4.58. The molecule has 1 aromatic rings. The van der Waals surface area contributed by atoms with Crippen LogP contribution in [-0.4, -0.2) is 41.0 Å². The van der Waals surface area contributed by atoms with Gasteiger partial charge in [0, 0.05) is 18.6 Å². The number of rotatable bonds is 7. The molecule has 5 heteroatoms. The van der Waals surface area contributed by atoms with E-state index in [1.165, 1.54) is 0 Å². The topological polar surface area (TPSA) is 66.8 Å². The molecule has 148 valence electrons. The molecule has 0 radical (unpaired) electrons. The molecule has 27 heavy (non-hydrogen) atoms. The van der Waals surface area contributed by atoms with Crippen LogP contribution < -0.4 is 0 Å². The summed E-state index contributed by atoms with van der Waals surface area (Å²) < 4.78 is 5.57. The van der Waals surface area contributed by atoms with Gasteiger partial charge in [0.05, 0.1) is 17.7 Å². The average Bonchev–Trinajstić information content (AvgIpc) is 2.81. The van der Waals surface area contributed by atoms with Crippen molar-refractivity contribution in [3.05, 3.63) is 46.7 Å². The Hall–Kier alpha value is -2.14. The Bertz CT molecular complexity index is 743. The smallest absolute Gasteiger partial charge is 0.290 e. The van der Waals surface area contributed by atoms with Crippen molar-refractivity contribution in [2.24, 2.45) is 5.41 Å². The van der Waals surface area contributed by atoms with Crippen molar-refractivity contribution in [2.45, 2.75) is 60.1 Å². The number of aliphatic hydroxyl groups is 1. The molecule has 0 spiro atoms. The number of ketones is 1. The minimum Gasteiger partial charge on any atom is -0.503 e. The molecule has 0 saturated heterocycles. The number of benzene rings is 1. The van der Waals surface area contributed by atoms with Gasteiger partial charge in [-0.3, -0.25) is 9.59 Å². The van der Waals surface area contributed by atoms with Gasteiger partial charge < -0.3 is 14.7 Å². The number of aryl methyl sites for hydroxylation is 1. The first-order valence-corrected chi connectivity index (χ1v) is 9.51. The number of amides is 1. The Morgan fingerprint density at radius 3 is 2.52 bits per heavy atom. The van der Waals surface area contributed by atoms with E-state index >= 15 is 0 Å². The molecular formula is C22H31NO4. The fraction of sp³-hybridized carbons (Fsp3) is 0.545. The highest BCUT2D eigenvalue weighted by atomic mass is 16.5. The Balaban J connectivity index is 2.39. The summed E-state index contributed by atoms with van der Waals surface area (Å²) in [5.41, 5.74) is 1.38. The van der Waals surface area contributed by atoms with E-state index in [4.69, 9.17) is 4.74 Å². The van der Waals surface area contributed by atoms with Gasteiger partial charge in [-0.1, -0.05) is 50.6 Å². The minimum absolute atomic E-state index is 0.122. The van der Waals surface area contributed by atoms with Gasteiger partial charge in [-0.25, -0.2) is 0 Å². The summed E-state index contributed by atoms with van der Waals surface area (Å²) in [6, 6.07) is 7.17. The molecule has 1 aliphatic heterocycles. The van der Waals surface area contributed by atoms with Crippen molar-refractivity contribution in [3.63, 3.8) is 0 Å². The largest absolute Gasteiger partial charge is 0.503 e. The molecule has 0 fully saturated rings. The molecule has 1 heterocycles. The van der Waals surface area contributed by atoms with Crippen molar-refractivity contribution in [1.82, 2.24) is 4.90 Å². The zero-order valence-electron chi connectivity index (χ0n) is 17.2. The molecule has 1 N–H and O–H groups in total. The first kappa shape index (κ1) is 21.2. The molecule has 1 aliphatic rings. The van der Waals surface area contributed by atoms with Crippen molar-refractivity contribution >= 4 is 11.7 Å². The number of Topliss-reactive ketones (excluding diaryl/α,β-unsaturated/α-hetero) is 1. The number of hydrogen-bond donors (Lipinski definition) is 1. The molecule has 0 bridgehead atoms. The van der Waals surface area contributed by atoms with Gasteiger partial charge in [-0.05, 0) is 32.8 Å². The molecule has 1 amide bonds. The van der Waals surface area contributed by atoms with Gasteiger partial charge in [0.25, 0.3) is 5.91 Å². The van der Waals surface area contributed by atoms with Crippen LogP contribution in [0.25, 0.3) is 0 Å².